The largest absolute Gasteiger partial charge is 0.271 e. The SMILES string of the molecule is Cc1ccc(CCC(NN)C2=CCCCC2)cc1. The van der Waals surface area contributed by atoms with E-state index in [2.05, 4.69) is 42.7 Å². The van der Waals surface area contributed by atoms with E-state index >= 15 is 0 Å². The molecule has 0 bridgehead atoms. The Morgan fingerprint density at radius 3 is 2.61 bits per heavy atom. The van der Waals surface area contributed by atoms with Gasteiger partial charge in [0.2, 0.25) is 0 Å². The van der Waals surface area contributed by atoms with Crippen LogP contribution in [0.25, 0.3) is 0 Å². The second kappa shape index (κ2) is 6.72. The van der Waals surface area contributed by atoms with Gasteiger partial charge in [-0.05, 0) is 51.0 Å². The van der Waals surface area contributed by atoms with Crippen LogP contribution in [-0.2, 0) is 6.42 Å². The van der Waals surface area contributed by atoms with E-state index in [-0.39, 0.29) is 0 Å². The van der Waals surface area contributed by atoms with Crippen LogP contribution in [0, 0.1) is 6.92 Å². The van der Waals surface area contributed by atoms with Gasteiger partial charge in [-0.25, -0.2) is 0 Å². The topological polar surface area (TPSA) is 38.0 Å². The normalized spacial score (nSPS) is 17.3. The smallest absolute Gasteiger partial charge is 0.0422 e. The van der Waals surface area contributed by atoms with Gasteiger partial charge in [-0.15, -0.1) is 0 Å². The number of rotatable bonds is 5. The van der Waals surface area contributed by atoms with E-state index in [0.29, 0.717) is 6.04 Å². The number of allylic oxidation sites excluding steroid dienone is 1. The minimum absolute atomic E-state index is 0.353. The van der Waals surface area contributed by atoms with Crippen molar-refractivity contribution < 1.29 is 0 Å². The van der Waals surface area contributed by atoms with Crippen molar-refractivity contribution in [2.24, 2.45) is 5.84 Å². The summed E-state index contributed by atoms with van der Waals surface area (Å²) in [5.74, 6) is 5.70. The maximum Gasteiger partial charge on any atom is 0.0422 e. The lowest BCUT2D eigenvalue weighted by molar-refractivity contribution is 0.516. The molecule has 3 N–H and O–H groups in total. The summed E-state index contributed by atoms with van der Waals surface area (Å²) in [5, 5.41) is 0. The molecule has 1 aromatic carbocycles. The summed E-state index contributed by atoms with van der Waals surface area (Å²) in [6.07, 6.45) is 9.63. The van der Waals surface area contributed by atoms with Crippen molar-refractivity contribution in [2.45, 2.75) is 51.5 Å². The third-order valence-corrected chi connectivity index (χ3v) is 3.82. The van der Waals surface area contributed by atoms with E-state index in [1.807, 2.05) is 0 Å². The molecule has 0 fully saturated rings. The summed E-state index contributed by atoms with van der Waals surface area (Å²) in [7, 11) is 0. The molecule has 0 amide bonds. The molecule has 2 heteroatoms. The number of hydrogen-bond acceptors (Lipinski definition) is 2. The average molecular weight is 244 g/mol. The summed E-state index contributed by atoms with van der Waals surface area (Å²) in [4.78, 5) is 0. The van der Waals surface area contributed by atoms with Gasteiger partial charge in [0.25, 0.3) is 0 Å². The minimum atomic E-state index is 0.353. The van der Waals surface area contributed by atoms with Crippen LogP contribution in [0.15, 0.2) is 35.9 Å². The molecule has 1 aromatic rings. The van der Waals surface area contributed by atoms with Gasteiger partial charge in [0, 0.05) is 6.04 Å². The van der Waals surface area contributed by atoms with Crippen LogP contribution in [0.5, 0.6) is 0 Å². The number of nitrogens with one attached hydrogen (secondary N) is 1. The molecule has 0 spiro atoms. The van der Waals surface area contributed by atoms with Gasteiger partial charge in [0.05, 0.1) is 0 Å². The van der Waals surface area contributed by atoms with Crippen LogP contribution in [0.1, 0.15) is 43.2 Å². The maximum atomic E-state index is 5.70. The predicted octanol–water partition coefficient (Wildman–Crippen LogP) is 3.26. The second-order valence-corrected chi connectivity index (χ2v) is 5.27. The molecular formula is C16H24N2. The molecule has 1 aliphatic carbocycles. The zero-order valence-electron chi connectivity index (χ0n) is 11.3. The molecule has 0 saturated heterocycles. The second-order valence-electron chi connectivity index (χ2n) is 5.27. The van der Waals surface area contributed by atoms with Crippen LogP contribution in [-0.4, -0.2) is 6.04 Å². The van der Waals surface area contributed by atoms with Gasteiger partial charge < -0.3 is 0 Å². The van der Waals surface area contributed by atoms with Crippen LogP contribution in [0.2, 0.25) is 0 Å². The van der Waals surface area contributed by atoms with Gasteiger partial charge in [0.15, 0.2) is 0 Å². The van der Waals surface area contributed by atoms with E-state index in [1.54, 1.807) is 0 Å². The highest BCUT2D eigenvalue weighted by atomic mass is 15.2. The highest BCUT2D eigenvalue weighted by Gasteiger charge is 2.14. The first-order chi connectivity index (χ1) is 8.79. The van der Waals surface area contributed by atoms with E-state index in [9.17, 15) is 0 Å². The van der Waals surface area contributed by atoms with Gasteiger partial charge in [-0.2, -0.15) is 0 Å². The first-order valence-corrected chi connectivity index (χ1v) is 7.00. The number of nitrogens with two attached hydrogens (primary N) is 1. The Morgan fingerprint density at radius 1 is 1.22 bits per heavy atom. The lowest BCUT2D eigenvalue weighted by Gasteiger charge is -2.22. The molecule has 0 heterocycles. The molecule has 1 unspecified atom stereocenters. The van der Waals surface area contributed by atoms with Crippen LogP contribution < -0.4 is 11.3 Å². The summed E-state index contributed by atoms with van der Waals surface area (Å²) in [6.45, 7) is 2.13. The third-order valence-electron chi connectivity index (χ3n) is 3.82. The van der Waals surface area contributed by atoms with Crippen molar-refractivity contribution in [3.8, 4) is 0 Å². The van der Waals surface area contributed by atoms with Gasteiger partial charge in [0.1, 0.15) is 0 Å². The first-order valence-electron chi connectivity index (χ1n) is 7.00. The fraction of sp³-hybridized carbons (Fsp3) is 0.500. The van der Waals surface area contributed by atoms with Crippen molar-refractivity contribution >= 4 is 0 Å². The fourth-order valence-electron chi connectivity index (χ4n) is 2.62. The van der Waals surface area contributed by atoms with Crippen LogP contribution >= 0.6 is 0 Å². The number of benzene rings is 1. The molecular weight excluding hydrogens is 220 g/mol. The first kappa shape index (κ1) is 13.3. The van der Waals surface area contributed by atoms with Crippen molar-refractivity contribution in [1.29, 1.82) is 0 Å². The zero-order chi connectivity index (χ0) is 12.8. The molecule has 2 rings (SSSR count). The molecule has 1 atom stereocenters. The van der Waals surface area contributed by atoms with Crippen molar-refractivity contribution in [1.82, 2.24) is 5.43 Å². The van der Waals surface area contributed by atoms with Gasteiger partial charge in [-0.3, -0.25) is 11.3 Å². The zero-order valence-corrected chi connectivity index (χ0v) is 11.3. The summed E-state index contributed by atoms with van der Waals surface area (Å²) >= 11 is 0. The van der Waals surface area contributed by atoms with E-state index < -0.39 is 0 Å². The number of aryl methyl sites for hydroxylation is 2. The van der Waals surface area contributed by atoms with Crippen molar-refractivity contribution in [2.75, 3.05) is 0 Å². The van der Waals surface area contributed by atoms with Gasteiger partial charge in [-0.1, -0.05) is 41.5 Å². The molecule has 0 aliphatic heterocycles. The lowest BCUT2D eigenvalue weighted by atomic mass is 9.91. The fourth-order valence-corrected chi connectivity index (χ4v) is 2.62. The molecule has 98 valence electrons. The monoisotopic (exact) mass is 244 g/mol. The van der Waals surface area contributed by atoms with Crippen LogP contribution in [0.4, 0.5) is 0 Å². The number of hydrogen-bond donors (Lipinski definition) is 2. The van der Waals surface area contributed by atoms with E-state index in [1.165, 1.54) is 42.4 Å². The summed E-state index contributed by atoms with van der Waals surface area (Å²) in [6, 6.07) is 9.16. The molecule has 2 nitrogen and oxygen atoms in total. The Balaban J connectivity index is 1.90. The van der Waals surface area contributed by atoms with E-state index in [4.69, 9.17) is 5.84 Å². The molecule has 0 aromatic heterocycles. The highest BCUT2D eigenvalue weighted by molar-refractivity contribution is 5.22. The molecule has 0 saturated carbocycles. The van der Waals surface area contributed by atoms with Crippen molar-refractivity contribution in [3.63, 3.8) is 0 Å². The van der Waals surface area contributed by atoms with Crippen molar-refractivity contribution in [3.05, 3.63) is 47.0 Å². The minimum Gasteiger partial charge on any atom is -0.271 e. The number of hydrazine groups is 1. The van der Waals surface area contributed by atoms with Gasteiger partial charge >= 0.3 is 0 Å². The molecule has 0 radical (unpaired) electrons. The quantitative estimate of drug-likeness (QED) is 0.474. The Morgan fingerprint density at radius 2 is 2.00 bits per heavy atom. The molecule has 18 heavy (non-hydrogen) atoms. The Bertz CT molecular complexity index is 392. The predicted molar refractivity (Wildman–Crippen MR) is 77.2 cm³/mol. The highest BCUT2D eigenvalue weighted by Crippen LogP contribution is 2.22. The van der Waals surface area contributed by atoms with E-state index in [0.717, 1.165) is 12.8 Å². The Hall–Kier alpha value is -1.12. The maximum absolute atomic E-state index is 5.70. The lowest BCUT2D eigenvalue weighted by Crippen LogP contribution is -2.37. The van der Waals surface area contributed by atoms with Crippen LogP contribution in [0.3, 0.4) is 0 Å². The summed E-state index contributed by atoms with van der Waals surface area (Å²) in [5.41, 5.74) is 7.22. The average Bonchev–Trinajstić information content (AvgIpc) is 2.43. The standard InChI is InChI=1S/C16H24N2/c1-13-7-9-14(10-8-13)11-12-16(18-17)15-5-3-2-4-6-15/h5,7-10,16,18H,2-4,6,11-12,17H2,1H3. The molecule has 1 aliphatic rings. The summed E-state index contributed by atoms with van der Waals surface area (Å²) < 4.78 is 0. The Kier molecular flexibility index (Phi) is 4.97. The Labute approximate surface area is 110 Å². The third kappa shape index (κ3) is 3.69.